The third-order valence-corrected chi connectivity index (χ3v) is 2.59. The summed E-state index contributed by atoms with van der Waals surface area (Å²) in [7, 11) is 1.84. The first kappa shape index (κ1) is 11.7. The monoisotopic (exact) mass is 231 g/mol. The van der Waals surface area contributed by atoms with Crippen LogP contribution in [0, 0.1) is 12.7 Å². The van der Waals surface area contributed by atoms with Crippen LogP contribution in [0.4, 0.5) is 4.39 Å². The van der Waals surface area contributed by atoms with Crippen LogP contribution in [0.2, 0.25) is 0 Å². The smallest absolute Gasteiger partial charge is 0.123 e. The zero-order valence-corrected chi connectivity index (χ0v) is 9.81. The Morgan fingerprint density at radius 2 is 1.82 bits per heavy atom. The Morgan fingerprint density at radius 3 is 2.35 bits per heavy atom. The van der Waals surface area contributed by atoms with E-state index in [0.29, 0.717) is 0 Å². The lowest BCUT2D eigenvalue weighted by atomic mass is 10.0. The van der Waals surface area contributed by atoms with Crippen molar-refractivity contribution in [1.82, 2.24) is 15.3 Å². The molecule has 0 aliphatic rings. The maximum absolute atomic E-state index is 12.9. The van der Waals surface area contributed by atoms with Crippen LogP contribution in [0.3, 0.4) is 0 Å². The maximum Gasteiger partial charge on any atom is 0.123 e. The number of aromatic nitrogens is 2. The molecule has 0 fully saturated rings. The summed E-state index contributed by atoms with van der Waals surface area (Å²) in [5.41, 5.74) is 2.67. The molecule has 4 heteroatoms. The highest BCUT2D eigenvalue weighted by molar-refractivity contribution is 5.27. The van der Waals surface area contributed by atoms with Gasteiger partial charge in [-0.2, -0.15) is 0 Å². The molecule has 0 bridgehead atoms. The molecule has 1 aromatic carbocycles. The highest BCUT2D eigenvalue weighted by Crippen LogP contribution is 2.19. The van der Waals surface area contributed by atoms with Crippen LogP contribution in [-0.4, -0.2) is 17.0 Å². The van der Waals surface area contributed by atoms with Gasteiger partial charge < -0.3 is 5.32 Å². The molecule has 2 rings (SSSR count). The average Bonchev–Trinajstić information content (AvgIpc) is 2.35. The number of hydrogen-bond acceptors (Lipinski definition) is 3. The van der Waals surface area contributed by atoms with Gasteiger partial charge in [0.1, 0.15) is 5.82 Å². The SMILES string of the molecule is CNC(c1ccc(F)cc1)c1cnc(C)cn1. The minimum atomic E-state index is -0.237. The Hall–Kier alpha value is -1.81. The Morgan fingerprint density at radius 1 is 1.12 bits per heavy atom. The van der Waals surface area contributed by atoms with E-state index in [1.54, 1.807) is 24.5 Å². The molecule has 0 amide bonds. The summed E-state index contributed by atoms with van der Waals surface area (Å²) in [6.45, 7) is 1.89. The summed E-state index contributed by atoms with van der Waals surface area (Å²) < 4.78 is 12.9. The number of benzene rings is 1. The molecule has 17 heavy (non-hydrogen) atoms. The summed E-state index contributed by atoms with van der Waals surface area (Å²) in [5.74, 6) is -0.237. The van der Waals surface area contributed by atoms with Crippen molar-refractivity contribution in [3.8, 4) is 0 Å². The van der Waals surface area contributed by atoms with Gasteiger partial charge in [-0.3, -0.25) is 9.97 Å². The van der Waals surface area contributed by atoms with E-state index in [-0.39, 0.29) is 11.9 Å². The Labute approximate surface area is 99.7 Å². The van der Waals surface area contributed by atoms with E-state index < -0.39 is 0 Å². The molecule has 0 saturated heterocycles. The van der Waals surface area contributed by atoms with Crippen molar-refractivity contribution in [2.24, 2.45) is 0 Å². The zero-order valence-electron chi connectivity index (χ0n) is 9.81. The summed E-state index contributed by atoms with van der Waals surface area (Å²) >= 11 is 0. The van der Waals surface area contributed by atoms with E-state index >= 15 is 0 Å². The van der Waals surface area contributed by atoms with Gasteiger partial charge in [-0.1, -0.05) is 12.1 Å². The van der Waals surface area contributed by atoms with Gasteiger partial charge >= 0.3 is 0 Å². The molecule has 1 aromatic heterocycles. The largest absolute Gasteiger partial charge is 0.308 e. The van der Waals surface area contributed by atoms with Crippen molar-refractivity contribution in [3.05, 3.63) is 59.4 Å². The van der Waals surface area contributed by atoms with Gasteiger partial charge in [0, 0.05) is 6.20 Å². The number of hydrogen-bond donors (Lipinski definition) is 1. The molecule has 1 atom stereocenters. The van der Waals surface area contributed by atoms with Gasteiger partial charge in [0.15, 0.2) is 0 Å². The van der Waals surface area contributed by atoms with E-state index in [4.69, 9.17) is 0 Å². The van der Waals surface area contributed by atoms with Crippen LogP contribution in [-0.2, 0) is 0 Å². The van der Waals surface area contributed by atoms with Crippen LogP contribution in [0.1, 0.15) is 23.0 Å². The van der Waals surface area contributed by atoms with Crippen LogP contribution in [0.15, 0.2) is 36.7 Å². The normalized spacial score (nSPS) is 12.4. The molecule has 0 aliphatic heterocycles. The summed E-state index contributed by atoms with van der Waals surface area (Å²) in [4.78, 5) is 8.54. The standard InChI is InChI=1S/C13H14FN3/c1-9-7-17-12(8-16-9)13(15-2)10-3-5-11(14)6-4-10/h3-8,13,15H,1-2H3. The summed E-state index contributed by atoms with van der Waals surface area (Å²) in [6, 6.07) is 6.32. The fourth-order valence-corrected chi connectivity index (χ4v) is 1.69. The first-order chi connectivity index (χ1) is 8.20. The number of aryl methyl sites for hydroxylation is 1. The van der Waals surface area contributed by atoms with Crippen molar-refractivity contribution < 1.29 is 4.39 Å². The summed E-state index contributed by atoms with van der Waals surface area (Å²) in [5, 5.41) is 3.15. The lowest BCUT2D eigenvalue weighted by molar-refractivity contribution is 0.621. The molecule has 1 unspecified atom stereocenters. The number of halogens is 1. The third kappa shape index (κ3) is 2.65. The molecular weight excluding hydrogens is 217 g/mol. The van der Waals surface area contributed by atoms with Crippen LogP contribution in [0.25, 0.3) is 0 Å². The second kappa shape index (κ2) is 5.01. The topological polar surface area (TPSA) is 37.8 Å². The van der Waals surface area contributed by atoms with Crippen molar-refractivity contribution in [3.63, 3.8) is 0 Å². The number of nitrogens with zero attached hydrogens (tertiary/aromatic N) is 2. The van der Waals surface area contributed by atoms with E-state index in [0.717, 1.165) is 17.0 Å². The molecule has 0 spiro atoms. The van der Waals surface area contributed by atoms with Gasteiger partial charge in [-0.25, -0.2) is 4.39 Å². The van der Waals surface area contributed by atoms with E-state index in [9.17, 15) is 4.39 Å². The molecule has 2 aromatic rings. The molecule has 1 N–H and O–H groups in total. The Kier molecular flexibility index (Phi) is 3.44. The lowest BCUT2D eigenvalue weighted by Gasteiger charge is -2.15. The first-order valence-corrected chi connectivity index (χ1v) is 5.42. The average molecular weight is 231 g/mol. The maximum atomic E-state index is 12.9. The molecule has 88 valence electrons. The summed E-state index contributed by atoms with van der Waals surface area (Å²) in [6.07, 6.45) is 3.46. The van der Waals surface area contributed by atoms with Crippen molar-refractivity contribution >= 4 is 0 Å². The first-order valence-electron chi connectivity index (χ1n) is 5.42. The van der Waals surface area contributed by atoms with Gasteiger partial charge in [0.2, 0.25) is 0 Å². The van der Waals surface area contributed by atoms with Gasteiger partial charge in [-0.15, -0.1) is 0 Å². The van der Waals surface area contributed by atoms with Crippen molar-refractivity contribution in [1.29, 1.82) is 0 Å². The minimum absolute atomic E-state index is 0.0660. The van der Waals surface area contributed by atoms with Crippen molar-refractivity contribution in [2.75, 3.05) is 7.05 Å². The van der Waals surface area contributed by atoms with E-state index in [1.165, 1.54) is 12.1 Å². The molecule has 0 saturated carbocycles. The molecule has 0 radical (unpaired) electrons. The lowest BCUT2D eigenvalue weighted by Crippen LogP contribution is -2.19. The van der Waals surface area contributed by atoms with Gasteiger partial charge in [0.05, 0.1) is 23.6 Å². The number of nitrogens with one attached hydrogen (secondary N) is 1. The molecular formula is C13H14FN3. The van der Waals surface area contributed by atoms with Crippen molar-refractivity contribution in [2.45, 2.75) is 13.0 Å². The predicted octanol–water partition coefficient (Wildman–Crippen LogP) is 2.23. The fraction of sp³-hybridized carbons (Fsp3) is 0.231. The minimum Gasteiger partial charge on any atom is -0.308 e. The van der Waals surface area contributed by atoms with Crippen LogP contribution in [0.5, 0.6) is 0 Å². The van der Waals surface area contributed by atoms with Crippen LogP contribution < -0.4 is 5.32 Å². The highest BCUT2D eigenvalue weighted by atomic mass is 19.1. The highest BCUT2D eigenvalue weighted by Gasteiger charge is 2.13. The number of rotatable bonds is 3. The predicted molar refractivity (Wildman–Crippen MR) is 64.1 cm³/mol. The van der Waals surface area contributed by atoms with Crippen LogP contribution >= 0.6 is 0 Å². The second-order valence-electron chi connectivity index (χ2n) is 3.86. The quantitative estimate of drug-likeness (QED) is 0.880. The molecule has 1 heterocycles. The second-order valence-corrected chi connectivity index (χ2v) is 3.86. The Balaban J connectivity index is 2.33. The fourth-order valence-electron chi connectivity index (χ4n) is 1.69. The van der Waals surface area contributed by atoms with Gasteiger partial charge in [0.25, 0.3) is 0 Å². The molecule has 3 nitrogen and oxygen atoms in total. The molecule has 0 aliphatic carbocycles. The van der Waals surface area contributed by atoms with E-state index in [2.05, 4.69) is 15.3 Å². The zero-order chi connectivity index (χ0) is 12.3. The Bertz CT molecular complexity index is 434. The van der Waals surface area contributed by atoms with Gasteiger partial charge in [-0.05, 0) is 31.7 Å². The van der Waals surface area contributed by atoms with E-state index in [1.807, 2.05) is 14.0 Å². The third-order valence-electron chi connectivity index (χ3n) is 2.59.